The van der Waals surface area contributed by atoms with Gasteiger partial charge in [-0.1, -0.05) is 12.1 Å². The second-order valence-electron chi connectivity index (χ2n) is 4.64. The second kappa shape index (κ2) is 6.71. The number of aryl methyl sites for hydroxylation is 1. The summed E-state index contributed by atoms with van der Waals surface area (Å²) in [6.07, 6.45) is -0.0567. The lowest BCUT2D eigenvalue weighted by atomic mass is 10.1. The molecule has 0 saturated carbocycles. The summed E-state index contributed by atoms with van der Waals surface area (Å²) in [7, 11) is -3.64. The van der Waals surface area contributed by atoms with Gasteiger partial charge in [-0.3, -0.25) is 4.72 Å². The van der Waals surface area contributed by atoms with Crippen molar-refractivity contribution in [1.29, 1.82) is 0 Å². The number of carboxylic acid groups (broad SMARTS) is 1. The molecule has 0 unspecified atom stereocenters. The maximum atomic E-state index is 11.9. The summed E-state index contributed by atoms with van der Waals surface area (Å²) in [4.78, 5) is 11.2. The lowest BCUT2D eigenvalue weighted by molar-refractivity contribution is 0.0697. The summed E-state index contributed by atoms with van der Waals surface area (Å²) >= 11 is 0. The molecule has 7 heteroatoms. The Kier molecular flexibility index (Phi) is 5.52. The standard InChI is InChI=1S/C13H19NO5S/c1-9(2)19-7-8-20(17,18)14-11-6-4-5-10(3)12(11)13(15)16/h4-6,9,14H,7-8H2,1-3H3,(H,15,16). The molecular weight excluding hydrogens is 282 g/mol. The largest absolute Gasteiger partial charge is 0.478 e. The molecule has 0 saturated heterocycles. The van der Waals surface area contributed by atoms with E-state index in [1.54, 1.807) is 19.1 Å². The minimum absolute atomic E-state index is 0.0409. The molecule has 0 bridgehead atoms. The van der Waals surface area contributed by atoms with E-state index < -0.39 is 16.0 Å². The lowest BCUT2D eigenvalue weighted by Crippen LogP contribution is -2.23. The molecule has 0 fully saturated rings. The van der Waals surface area contributed by atoms with Gasteiger partial charge in [-0.2, -0.15) is 0 Å². The zero-order valence-corrected chi connectivity index (χ0v) is 12.5. The van der Waals surface area contributed by atoms with Crippen LogP contribution in [0.2, 0.25) is 0 Å². The Labute approximate surface area is 118 Å². The Morgan fingerprint density at radius 3 is 2.60 bits per heavy atom. The van der Waals surface area contributed by atoms with Gasteiger partial charge in [0.1, 0.15) is 0 Å². The molecule has 6 nitrogen and oxygen atoms in total. The average Bonchev–Trinajstić information content (AvgIpc) is 2.26. The van der Waals surface area contributed by atoms with Gasteiger partial charge in [0.05, 0.1) is 29.7 Å². The number of hydrogen-bond acceptors (Lipinski definition) is 4. The summed E-state index contributed by atoms with van der Waals surface area (Å²) < 4.78 is 31.2. The highest BCUT2D eigenvalue weighted by atomic mass is 32.2. The first-order valence-electron chi connectivity index (χ1n) is 6.18. The Balaban J connectivity index is 2.87. The number of rotatable bonds is 7. The molecule has 20 heavy (non-hydrogen) atoms. The summed E-state index contributed by atoms with van der Waals surface area (Å²) in [5, 5.41) is 9.13. The number of anilines is 1. The first-order valence-corrected chi connectivity index (χ1v) is 7.83. The molecular formula is C13H19NO5S. The van der Waals surface area contributed by atoms with Crippen LogP contribution in [0.25, 0.3) is 0 Å². The molecule has 0 atom stereocenters. The van der Waals surface area contributed by atoms with Crippen LogP contribution in [0.5, 0.6) is 0 Å². The van der Waals surface area contributed by atoms with Crippen LogP contribution in [-0.4, -0.2) is 38.0 Å². The van der Waals surface area contributed by atoms with Crippen molar-refractivity contribution in [2.75, 3.05) is 17.1 Å². The number of carboxylic acids is 1. The second-order valence-corrected chi connectivity index (χ2v) is 6.48. The predicted molar refractivity (Wildman–Crippen MR) is 76.6 cm³/mol. The smallest absolute Gasteiger partial charge is 0.338 e. The molecule has 1 rings (SSSR count). The van der Waals surface area contributed by atoms with Crippen LogP contribution in [0.15, 0.2) is 18.2 Å². The normalized spacial score (nSPS) is 11.6. The monoisotopic (exact) mass is 301 g/mol. The van der Waals surface area contributed by atoms with Crippen LogP contribution in [0.4, 0.5) is 5.69 Å². The van der Waals surface area contributed by atoms with E-state index in [1.807, 2.05) is 13.8 Å². The molecule has 1 aromatic carbocycles. The number of benzene rings is 1. The van der Waals surface area contributed by atoms with E-state index in [9.17, 15) is 13.2 Å². The van der Waals surface area contributed by atoms with E-state index in [2.05, 4.69) is 4.72 Å². The van der Waals surface area contributed by atoms with Crippen molar-refractivity contribution in [2.24, 2.45) is 0 Å². The quantitative estimate of drug-likeness (QED) is 0.802. The Bertz CT molecular complexity index is 580. The van der Waals surface area contributed by atoms with E-state index >= 15 is 0 Å². The van der Waals surface area contributed by atoms with Crippen LogP contribution in [0.1, 0.15) is 29.8 Å². The van der Waals surface area contributed by atoms with Gasteiger partial charge in [-0.25, -0.2) is 13.2 Å². The number of carbonyl (C=O) groups is 1. The summed E-state index contributed by atoms with van der Waals surface area (Å²) in [6.45, 7) is 5.29. The highest BCUT2D eigenvalue weighted by Crippen LogP contribution is 2.20. The van der Waals surface area contributed by atoms with Crippen LogP contribution in [0.3, 0.4) is 0 Å². The third-order valence-electron chi connectivity index (χ3n) is 2.56. The summed E-state index contributed by atoms with van der Waals surface area (Å²) in [5.74, 6) is -1.39. The summed E-state index contributed by atoms with van der Waals surface area (Å²) in [5.41, 5.74) is 0.527. The molecule has 2 N–H and O–H groups in total. The summed E-state index contributed by atoms with van der Waals surface area (Å²) in [6, 6.07) is 4.64. The maximum absolute atomic E-state index is 11.9. The third kappa shape index (κ3) is 4.82. The fourth-order valence-electron chi connectivity index (χ4n) is 1.65. The van der Waals surface area contributed by atoms with Crippen molar-refractivity contribution in [3.63, 3.8) is 0 Å². The number of nitrogens with one attached hydrogen (secondary N) is 1. The Morgan fingerprint density at radius 2 is 2.05 bits per heavy atom. The van der Waals surface area contributed by atoms with Gasteiger partial charge in [0.2, 0.25) is 10.0 Å². The predicted octanol–water partition coefficient (Wildman–Crippen LogP) is 1.86. The molecule has 0 heterocycles. The van der Waals surface area contributed by atoms with E-state index in [1.165, 1.54) is 6.07 Å². The number of hydrogen-bond donors (Lipinski definition) is 2. The van der Waals surface area contributed by atoms with Gasteiger partial charge in [0.25, 0.3) is 0 Å². The highest BCUT2D eigenvalue weighted by Gasteiger charge is 2.18. The van der Waals surface area contributed by atoms with Crippen molar-refractivity contribution in [2.45, 2.75) is 26.9 Å². The first kappa shape index (κ1) is 16.5. The van der Waals surface area contributed by atoms with Crippen LogP contribution >= 0.6 is 0 Å². The van der Waals surface area contributed by atoms with E-state index in [-0.39, 0.29) is 29.7 Å². The van der Waals surface area contributed by atoms with Crippen molar-refractivity contribution in [3.8, 4) is 0 Å². The van der Waals surface area contributed by atoms with Gasteiger partial charge in [-0.05, 0) is 32.4 Å². The molecule has 0 spiro atoms. The van der Waals surface area contributed by atoms with Gasteiger partial charge < -0.3 is 9.84 Å². The van der Waals surface area contributed by atoms with Gasteiger partial charge >= 0.3 is 5.97 Å². The van der Waals surface area contributed by atoms with E-state index in [0.717, 1.165) is 0 Å². The van der Waals surface area contributed by atoms with E-state index in [4.69, 9.17) is 9.84 Å². The first-order chi connectivity index (χ1) is 9.23. The van der Waals surface area contributed by atoms with E-state index in [0.29, 0.717) is 5.56 Å². The molecule has 0 radical (unpaired) electrons. The topological polar surface area (TPSA) is 92.7 Å². The molecule has 0 amide bonds. The highest BCUT2D eigenvalue weighted by molar-refractivity contribution is 7.92. The number of ether oxygens (including phenoxy) is 1. The van der Waals surface area contributed by atoms with Crippen LogP contribution < -0.4 is 4.72 Å². The zero-order valence-electron chi connectivity index (χ0n) is 11.7. The molecule has 1 aromatic rings. The van der Waals surface area contributed by atoms with Crippen molar-refractivity contribution in [1.82, 2.24) is 0 Å². The molecule has 0 aromatic heterocycles. The molecule has 0 aliphatic heterocycles. The minimum atomic E-state index is -3.64. The van der Waals surface area contributed by atoms with Crippen LogP contribution in [-0.2, 0) is 14.8 Å². The third-order valence-corrected chi connectivity index (χ3v) is 3.79. The minimum Gasteiger partial charge on any atom is -0.478 e. The van der Waals surface area contributed by atoms with Gasteiger partial charge in [0, 0.05) is 0 Å². The lowest BCUT2D eigenvalue weighted by Gasteiger charge is -2.13. The zero-order chi connectivity index (χ0) is 15.3. The Hall–Kier alpha value is -1.60. The molecule has 112 valence electrons. The molecule has 0 aliphatic carbocycles. The van der Waals surface area contributed by atoms with Crippen LogP contribution in [0, 0.1) is 6.92 Å². The maximum Gasteiger partial charge on any atom is 0.338 e. The van der Waals surface area contributed by atoms with Crippen molar-refractivity contribution < 1.29 is 23.1 Å². The fourth-order valence-corrected chi connectivity index (χ4v) is 2.57. The Morgan fingerprint density at radius 1 is 1.40 bits per heavy atom. The van der Waals surface area contributed by atoms with Crippen molar-refractivity contribution in [3.05, 3.63) is 29.3 Å². The SMILES string of the molecule is Cc1cccc(NS(=O)(=O)CCOC(C)C)c1C(=O)O. The fraction of sp³-hybridized carbons (Fsp3) is 0.462. The van der Waals surface area contributed by atoms with Gasteiger partial charge in [0.15, 0.2) is 0 Å². The van der Waals surface area contributed by atoms with Crippen molar-refractivity contribution >= 4 is 21.7 Å². The molecule has 0 aliphatic rings. The average molecular weight is 301 g/mol. The van der Waals surface area contributed by atoms with Gasteiger partial charge in [-0.15, -0.1) is 0 Å². The number of sulfonamides is 1. The number of aromatic carboxylic acids is 1.